The van der Waals surface area contributed by atoms with Gasteiger partial charge in [-0.2, -0.15) is 0 Å². The van der Waals surface area contributed by atoms with E-state index in [0.717, 1.165) is 12.8 Å². The molecule has 0 saturated heterocycles. The van der Waals surface area contributed by atoms with Crippen LogP contribution in [0.15, 0.2) is 24.3 Å². The van der Waals surface area contributed by atoms with Crippen LogP contribution in [0.25, 0.3) is 0 Å². The Kier molecular flexibility index (Phi) is 11.2. The lowest BCUT2D eigenvalue weighted by Crippen LogP contribution is -1.98. The summed E-state index contributed by atoms with van der Waals surface area (Å²) >= 11 is 0. The van der Waals surface area contributed by atoms with E-state index in [1.807, 2.05) is 13.0 Å². The highest BCUT2D eigenvalue weighted by Crippen LogP contribution is 2.01. The highest BCUT2D eigenvalue weighted by Gasteiger charge is 1.90. The zero-order valence-electron chi connectivity index (χ0n) is 10.6. The van der Waals surface area contributed by atoms with Crippen molar-refractivity contribution < 1.29 is 9.53 Å². The van der Waals surface area contributed by atoms with E-state index in [4.69, 9.17) is 4.74 Å². The SMILES string of the molecule is CCCCC/C=C\CC/C=C/C(=O)OCC. The lowest BCUT2D eigenvalue weighted by molar-refractivity contribution is -0.137. The third kappa shape index (κ3) is 11.0. The Hall–Kier alpha value is -1.05. The van der Waals surface area contributed by atoms with E-state index in [0.29, 0.717) is 6.61 Å². The number of carbonyl (C=O) groups excluding carboxylic acids is 1. The van der Waals surface area contributed by atoms with Crippen LogP contribution < -0.4 is 0 Å². The highest BCUT2D eigenvalue weighted by molar-refractivity contribution is 5.81. The van der Waals surface area contributed by atoms with Gasteiger partial charge < -0.3 is 4.74 Å². The average Bonchev–Trinajstić information content (AvgIpc) is 2.27. The minimum atomic E-state index is -0.241. The predicted octanol–water partition coefficient (Wildman–Crippen LogP) is 4.02. The van der Waals surface area contributed by atoms with Crippen LogP contribution in [0.3, 0.4) is 0 Å². The molecular formula is C14H24O2. The number of carbonyl (C=O) groups is 1. The van der Waals surface area contributed by atoms with E-state index in [2.05, 4.69) is 19.1 Å². The van der Waals surface area contributed by atoms with Crippen LogP contribution in [0.1, 0.15) is 52.4 Å². The zero-order valence-corrected chi connectivity index (χ0v) is 10.6. The van der Waals surface area contributed by atoms with Crippen LogP contribution in [0.5, 0.6) is 0 Å². The van der Waals surface area contributed by atoms with Gasteiger partial charge in [0.05, 0.1) is 6.61 Å². The van der Waals surface area contributed by atoms with Gasteiger partial charge in [-0.05, 0) is 32.6 Å². The lowest BCUT2D eigenvalue weighted by Gasteiger charge is -1.94. The van der Waals surface area contributed by atoms with E-state index in [-0.39, 0.29) is 5.97 Å². The van der Waals surface area contributed by atoms with Gasteiger partial charge in [0, 0.05) is 6.08 Å². The number of hydrogen-bond acceptors (Lipinski definition) is 2. The minimum absolute atomic E-state index is 0.241. The van der Waals surface area contributed by atoms with Crippen molar-refractivity contribution in [1.29, 1.82) is 0 Å². The molecular weight excluding hydrogens is 200 g/mol. The molecule has 0 aromatic carbocycles. The van der Waals surface area contributed by atoms with Crippen molar-refractivity contribution >= 4 is 5.97 Å². The first-order valence-corrected chi connectivity index (χ1v) is 6.29. The zero-order chi connectivity index (χ0) is 12.1. The third-order valence-electron chi connectivity index (χ3n) is 2.18. The second-order valence-electron chi connectivity index (χ2n) is 3.70. The van der Waals surface area contributed by atoms with Gasteiger partial charge in [0.15, 0.2) is 0 Å². The van der Waals surface area contributed by atoms with Crippen molar-refractivity contribution in [3.8, 4) is 0 Å². The average molecular weight is 224 g/mol. The first-order valence-electron chi connectivity index (χ1n) is 6.29. The van der Waals surface area contributed by atoms with Crippen molar-refractivity contribution in [3.05, 3.63) is 24.3 Å². The maximum atomic E-state index is 10.9. The summed E-state index contributed by atoms with van der Waals surface area (Å²) in [5.41, 5.74) is 0. The number of ether oxygens (including phenoxy) is 1. The number of rotatable bonds is 9. The molecule has 0 radical (unpaired) electrons. The number of allylic oxidation sites excluding steroid dienone is 3. The number of esters is 1. The molecule has 0 heterocycles. The van der Waals surface area contributed by atoms with E-state index >= 15 is 0 Å². The van der Waals surface area contributed by atoms with Crippen molar-refractivity contribution in [2.45, 2.75) is 52.4 Å². The molecule has 0 unspecified atom stereocenters. The molecule has 0 rings (SSSR count). The normalized spacial score (nSPS) is 11.4. The Bertz CT molecular complexity index is 217. The highest BCUT2D eigenvalue weighted by atomic mass is 16.5. The smallest absolute Gasteiger partial charge is 0.330 e. The van der Waals surface area contributed by atoms with Crippen LogP contribution in [-0.4, -0.2) is 12.6 Å². The summed E-state index contributed by atoms with van der Waals surface area (Å²) in [6, 6.07) is 0. The summed E-state index contributed by atoms with van der Waals surface area (Å²) in [5.74, 6) is -0.241. The Morgan fingerprint density at radius 3 is 2.38 bits per heavy atom. The molecule has 2 heteroatoms. The predicted molar refractivity (Wildman–Crippen MR) is 68.3 cm³/mol. The van der Waals surface area contributed by atoms with E-state index < -0.39 is 0 Å². The molecule has 0 aliphatic rings. The topological polar surface area (TPSA) is 26.3 Å². The molecule has 0 atom stereocenters. The number of hydrogen-bond donors (Lipinski definition) is 0. The summed E-state index contributed by atoms with van der Waals surface area (Å²) in [5, 5.41) is 0. The fraction of sp³-hybridized carbons (Fsp3) is 0.643. The van der Waals surface area contributed by atoms with Gasteiger partial charge in [0.2, 0.25) is 0 Å². The molecule has 92 valence electrons. The van der Waals surface area contributed by atoms with Gasteiger partial charge in [0.1, 0.15) is 0 Å². The fourth-order valence-electron chi connectivity index (χ4n) is 1.31. The summed E-state index contributed by atoms with van der Waals surface area (Å²) < 4.78 is 4.77. The maximum Gasteiger partial charge on any atom is 0.330 e. The molecule has 0 saturated carbocycles. The molecule has 0 aromatic heterocycles. The number of unbranched alkanes of at least 4 members (excludes halogenated alkanes) is 4. The molecule has 16 heavy (non-hydrogen) atoms. The summed E-state index contributed by atoms with van der Waals surface area (Å²) in [7, 11) is 0. The first-order chi connectivity index (χ1) is 7.81. The molecule has 0 aliphatic heterocycles. The van der Waals surface area contributed by atoms with Gasteiger partial charge >= 0.3 is 5.97 Å². The Labute approximate surface area is 99.4 Å². The monoisotopic (exact) mass is 224 g/mol. The van der Waals surface area contributed by atoms with Crippen molar-refractivity contribution in [2.24, 2.45) is 0 Å². The van der Waals surface area contributed by atoms with Crippen LogP contribution >= 0.6 is 0 Å². The van der Waals surface area contributed by atoms with E-state index in [1.54, 1.807) is 0 Å². The molecule has 0 aromatic rings. The Balaban J connectivity index is 3.34. The quantitative estimate of drug-likeness (QED) is 0.256. The van der Waals surface area contributed by atoms with Crippen molar-refractivity contribution in [2.75, 3.05) is 6.61 Å². The van der Waals surface area contributed by atoms with Crippen molar-refractivity contribution in [1.82, 2.24) is 0 Å². The van der Waals surface area contributed by atoms with Crippen LogP contribution in [0, 0.1) is 0 Å². The largest absolute Gasteiger partial charge is 0.463 e. The summed E-state index contributed by atoms with van der Waals surface area (Å²) in [6.45, 7) is 4.47. The first kappa shape index (κ1) is 14.9. The standard InChI is InChI=1S/C14H24O2/c1-3-5-6-7-8-9-10-11-12-13-14(15)16-4-2/h8-9,12-13H,3-7,10-11H2,1-2H3/b9-8-,13-12+. The van der Waals surface area contributed by atoms with Gasteiger partial charge in [-0.25, -0.2) is 4.79 Å². The lowest BCUT2D eigenvalue weighted by atomic mass is 10.2. The van der Waals surface area contributed by atoms with Crippen molar-refractivity contribution in [3.63, 3.8) is 0 Å². The summed E-state index contributed by atoms with van der Waals surface area (Å²) in [6.07, 6.45) is 14.7. The Morgan fingerprint density at radius 2 is 1.69 bits per heavy atom. The molecule has 0 bridgehead atoms. The second kappa shape index (κ2) is 12.0. The van der Waals surface area contributed by atoms with Crippen LogP contribution in [0.4, 0.5) is 0 Å². The summed E-state index contributed by atoms with van der Waals surface area (Å²) in [4.78, 5) is 10.9. The molecule has 0 spiro atoms. The van der Waals surface area contributed by atoms with Gasteiger partial charge in [0.25, 0.3) is 0 Å². The third-order valence-corrected chi connectivity index (χ3v) is 2.18. The van der Waals surface area contributed by atoms with Gasteiger partial charge in [-0.1, -0.05) is 38.0 Å². The molecule has 2 nitrogen and oxygen atoms in total. The van der Waals surface area contributed by atoms with E-state index in [9.17, 15) is 4.79 Å². The fourth-order valence-corrected chi connectivity index (χ4v) is 1.31. The maximum absolute atomic E-state index is 10.9. The van der Waals surface area contributed by atoms with Crippen LogP contribution in [-0.2, 0) is 9.53 Å². The van der Waals surface area contributed by atoms with Gasteiger partial charge in [-0.3, -0.25) is 0 Å². The molecule has 0 aliphatic carbocycles. The molecule has 0 fully saturated rings. The van der Waals surface area contributed by atoms with Crippen LogP contribution in [0.2, 0.25) is 0 Å². The van der Waals surface area contributed by atoms with Gasteiger partial charge in [-0.15, -0.1) is 0 Å². The van der Waals surface area contributed by atoms with E-state index in [1.165, 1.54) is 31.8 Å². The minimum Gasteiger partial charge on any atom is -0.463 e. The second-order valence-corrected chi connectivity index (χ2v) is 3.70. The Morgan fingerprint density at radius 1 is 1.00 bits per heavy atom. The molecule has 0 N–H and O–H groups in total. The molecule has 0 amide bonds.